The molecule has 4 aromatic rings. The number of amides is 1. The number of hydrogen-bond acceptors (Lipinski definition) is 5. The largest absolute Gasteiger partial charge is 0.325 e. The minimum Gasteiger partial charge on any atom is -0.325 e. The van der Waals surface area contributed by atoms with Crippen molar-refractivity contribution >= 4 is 44.9 Å². The molecule has 0 radical (unpaired) electrons. The lowest BCUT2D eigenvalue weighted by atomic mass is 10.1. The molecule has 7 heteroatoms. The van der Waals surface area contributed by atoms with Crippen molar-refractivity contribution in [2.24, 2.45) is 0 Å². The molecule has 2 aromatic heterocycles. The van der Waals surface area contributed by atoms with Gasteiger partial charge in [-0.15, -0.1) is 17.9 Å². The normalized spacial score (nSPS) is 11.0. The lowest BCUT2D eigenvalue weighted by Gasteiger charge is -2.11. The Labute approximate surface area is 213 Å². The highest BCUT2D eigenvalue weighted by molar-refractivity contribution is 7.99. The van der Waals surface area contributed by atoms with Gasteiger partial charge in [0.05, 0.1) is 11.1 Å². The monoisotopic (exact) mass is 503 g/mol. The minimum atomic E-state index is -0.137. The predicted octanol–water partition coefficient (Wildman–Crippen LogP) is 6.69. The van der Waals surface area contributed by atoms with Crippen molar-refractivity contribution in [1.82, 2.24) is 9.55 Å². The second-order valence-electron chi connectivity index (χ2n) is 8.43. The molecule has 0 saturated carbocycles. The Bertz CT molecular complexity index is 1390. The van der Waals surface area contributed by atoms with Crippen molar-refractivity contribution in [1.29, 1.82) is 0 Å². The molecule has 0 unspecified atom stereocenters. The number of anilines is 1. The molecule has 0 aliphatic rings. The van der Waals surface area contributed by atoms with Crippen LogP contribution in [0.25, 0.3) is 21.3 Å². The van der Waals surface area contributed by atoms with Gasteiger partial charge in [0.25, 0.3) is 5.56 Å². The summed E-state index contributed by atoms with van der Waals surface area (Å²) in [7, 11) is 0. The molecule has 4 rings (SSSR count). The number of fused-ring (bicyclic) bond motifs is 1. The van der Waals surface area contributed by atoms with Gasteiger partial charge in [-0.25, -0.2) is 4.98 Å². The summed E-state index contributed by atoms with van der Waals surface area (Å²) in [4.78, 5) is 31.5. The van der Waals surface area contributed by atoms with Crippen molar-refractivity contribution < 1.29 is 4.79 Å². The number of allylic oxidation sites excluding steroid dienone is 1. The van der Waals surface area contributed by atoms with Crippen molar-refractivity contribution in [3.05, 3.63) is 88.0 Å². The van der Waals surface area contributed by atoms with Crippen molar-refractivity contribution in [2.75, 3.05) is 11.1 Å². The van der Waals surface area contributed by atoms with E-state index in [0.717, 1.165) is 36.1 Å². The summed E-state index contributed by atoms with van der Waals surface area (Å²) in [6, 6.07) is 16.1. The Hall–Kier alpha value is -3.16. The van der Waals surface area contributed by atoms with Crippen LogP contribution in [0, 0.1) is 6.92 Å². The van der Waals surface area contributed by atoms with Gasteiger partial charge < -0.3 is 5.32 Å². The zero-order valence-electron chi connectivity index (χ0n) is 20.0. The standard InChI is InChI=1S/C28H29N3O2S2/c1-4-6-7-20-10-14-22(15-11-20)29-24(32)18-35-28-30-26-25(27(33)31(28)16-5-2)23(17-34-26)21-12-8-19(3)9-13-21/h5,8-15,17H,2,4,6-7,16,18H2,1,3H3,(H,29,32). The molecule has 5 nitrogen and oxygen atoms in total. The Morgan fingerprint density at radius 1 is 1.17 bits per heavy atom. The summed E-state index contributed by atoms with van der Waals surface area (Å²) < 4.78 is 1.60. The van der Waals surface area contributed by atoms with Gasteiger partial charge in [-0.05, 0) is 43.0 Å². The maximum atomic E-state index is 13.5. The molecule has 0 aliphatic carbocycles. The Kier molecular flexibility index (Phi) is 8.21. The Balaban J connectivity index is 1.53. The van der Waals surface area contributed by atoms with Gasteiger partial charge in [0.15, 0.2) is 5.16 Å². The van der Waals surface area contributed by atoms with E-state index in [0.29, 0.717) is 21.9 Å². The van der Waals surface area contributed by atoms with Gasteiger partial charge in [0, 0.05) is 23.2 Å². The number of aryl methyl sites for hydroxylation is 2. The predicted molar refractivity (Wildman–Crippen MR) is 149 cm³/mol. The van der Waals surface area contributed by atoms with E-state index in [4.69, 9.17) is 4.98 Å². The molecule has 1 N–H and O–H groups in total. The van der Waals surface area contributed by atoms with Crippen LogP contribution in [-0.2, 0) is 17.8 Å². The number of nitrogens with zero attached hydrogens (tertiary/aromatic N) is 2. The van der Waals surface area contributed by atoms with Crippen LogP contribution in [0.2, 0.25) is 0 Å². The van der Waals surface area contributed by atoms with Gasteiger partial charge >= 0.3 is 0 Å². The molecule has 0 bridgehead atoms. The average molecular weight is 504 g/mol. The van der Waals surface area contributed by atoms with Crippen LogP contribution in [0.15, 0.2) is 76.5 Å². The topological polar surface area (TPSA) is 64.0 Å². The van der Waals surface area contributed by atoms with E-state index in [2.05, 4.69) is 31.0 Å². The fourth-order valence-electron chi connectivity index (χ4n) is 3.81. The summed E-state index contributed by atoms with van der Waals surface area (Å²) >= 11 is 2.71. The molecule has 0 fully saturated rings. The fraction of sp³-hybridized carbons (Fsp3) is 0.250. The van der Waals surface area contributed by atoms with Crippen LogP contribution in [0.1, 0.15) is 30.9 Å². The van der Waals surface area contributed by atoms with Crippen LogP contribution in [0.5, 0.6) is 0 Å². The van der Waals surface area contributed by atoms with Crippen molar-refractivity contribution in [3.8, 4) is 11.1 Å². The molecule has 1 amide bonds. The van der Waals surface area contributed by atoms with E-state index in [1.165, 1.54) is 34.2 Å². The summed E-state index contributed by atoms with van der Waals surface area (Å²) in [6.45, 7) is 8.34. The fourth-order valence-corrected chi connectivity index (χ4v) is 5.61. The first-order valence-corrected chi connectivity index (χ1v) is 13.6. The van der Waals surface area contributed by atoms with E-state index in [-0.39, 0.29) is 17.2 Å². The molecule has 0 saturated heterocycles. The number of unbranched alkanes of at least 4 members (excludes halogenated alkanes) is 1. The van der Waals surface area contributed by atoms with E-state index in [1.54, 1.807) is 10.6 Å². The number of thiophene rings is 1. The molecule has 0 aliphatic heterocycles. The van der Waals surface area contributed by atoms with Crippen LogP contribution in [-0.4, -0.2) is 21.2 Å². The average Bonchev–Trinajstić information content (AvgIpc) is 3.29. The zero-order chi connectivity index (χ0) is 24.8. The van der Waals surface area contributed by atoms with Gasteiger partial charge in [0.2, 0.25) is 5.91 Å². The third kappa shape index (κ3) is 5.92. The number of carbonyl (C=O) groups excluding carboxylic acids is 1. The van der Waals surface area contributed by atoms with Crippen LogP contribution < -0.4 is 10.9 Å². The summed E-state index contributed by atoms with van der Waals surface area (Å²) in [5.74, 6) is 0.0189. The van der Waals surface area contributed by atoms with Gasteiger partial charge in [-0.2, -0.15) is 0 Å². The van der Waals surface area contributed by atoms with Gasteiger partial charge in [-0.1, -0.05) is 73.1 Å². The van der Waals surface area contributed by atoms with Crippen LogP contribution in [0.3, 0.4) is 0 Å². The lowest BCUT2D eigenvalue weighted by molar-refractivity contribution is -0.113. The van der Waals surface area contributed by atoms with E-state index in [1.807, 2.05) is 48.7 Å². The van der Waals surface area contributed by atoms with E-state index < -0.39 is 0 Å². The zero-order valence-corrected chi connectivity index (χ0v) is 21.7. The van der Waals surface area contributed by atoms with E-state index in [9.17, 15) is 9.59 Å². The van der Waals surface area contributed by atoms with E-state index >= 15 is 0 Å². The number of nitrogens with one attached hydrogen (secondary N) is 1. The lowest BCUT2D eigenvalue weighted by Crippen LogP contribution is -2.23. The quantitative estimate of drug-likeness (QED) is 0.149. The highest BCUT2D eigenvalue weighted by Crippen LogP contribution is 2.32. The smallest absolute Gasteiger partial charge is 0.263 e. The first-order valence-electron chi connectivity index (χ1n) is 11.7. The second-order valence-corrected chi connectivity index (χ2v) is 10.2. The number of carbonyl (C=O) groups is 1. The molecule has 35 heavy (non-hydrogen) atoms. The Morgan fingerprint density at radius 2 is 1.91 bits per heavy atom. The summed E-state index contributed by atoms with van der Waals surface area (Å²) in [6.07, 6.45) is 5.04. The Morgan fingerprint density at radius 3 is 2.60 bits per heavy atom. The second kappa shape index (κ2) is 11.5. The molecule has 2 heterocycles. The van der Waals surface area contributed by atoms with Crippen molar-refractivity contribution in [3.63, 3.8) is 0 Å². The van der Waals surface area contributed by atoms with Crippen LogP contribution >= 0.6 is 23.1 Å². The third-order valence-electron chi connectivity index (χ3n) is 5.72. The summed E-state index contributed by atoms with van der Waals surface area (Å²) in [5.41, 5.74) is 4.97. The number of rotatable bonds is 10. The first-order chi connectivity index (χ1) is 17.0. The number of aromatic nitrogens is 2. The van der Waals surface area contributed by atoms with Gasteiger partial charge in [0.1, 0.15) is 4.83 Å². The first kappa shape index (κ1) is 24.9. The SMILES string of the molecule is C=CCn1c(SCC(=O)Nc2ccc(CCCC)cc2)nc2scc(-c3ccc(C)cc3)c2c1=O. The molecule has 2 aromatic carbocycles. The molecular formula is C28H29N3O2S2. The maximum absolute atomic E-state index is 13.5. The minimum absolute atomic E-state index is 0.114. The van der Waals surface area contributed by atoms with Crippen molar-refractivity contribution in [2.45, 2.75) is 44.8 Å². The van der Waals surface area contributed by atoms with Gasteiger partial charge in [-0.3, -0.25) is 14.2 Å². The molecule has 180 valence electrons. The highest BCUT2D eigenvalue weighted by Gasteiger charge is 2.18. The number of thioether (sulfide) groups is 1. The third-order valence-corrected chi connectivity index (χ3v) is 7.57. The number of benzene rings is 2. The molecule has 0 spiro atoms. The summed E-state index contributed by atoms with van der Waals surface area (Å²) in [5, 5.41) is 6.04. The van der Waals surface area contributed by atoms with Crippen LogP contribution in [0.4, 0.5) is 5.69 Å². The maximum Gasteiger partial charge on any atom is 0.263 e. The number of hydrogen-bond donors (Lipinski definition) is 1. The molecular weight excluding hydrogens is 474 g/mol. The molecule has 0 atom stereocenters. The highest BCUT2D eigenvalue weighted by atomic mass is 32.2.